The number of carboxylic acids is 1. The fourth-order valence-corrected chi connectivity index (χ4v) is 1.52. The van der Waals surface area contributed by atoms with Crippen molar-refractivity contribution in [3.05, 3.63) is 0 Å². The van der Waals surface area contributed by atoms with E-state index in [0.717, 1.165) is 0 Å². The number of ether oxygens (including phenoxy) is 2. The number of rotatable bonds is 5. The summed E-state index contributed by atoms with van der Waals surface area (Å²) in [4.78, 5) is 10.6. The summed E-state index contributed by atoms with van der Waals surface area (Å²) in [5.74, 6) is -1.48. The van der Waals surface area contributed by atoms with Crippen LogP contribution in [0.5, 0.6) is 0 Å². The smallest absolute Gasteiger partial charge is 0.335 e. The number of hydrogen-bond acceptors (Lipinski definition) is 8. The lowest BCUT2D eigenvalue weighted by Gasteiger charge is -2.40. The third-order valence-corrected chi connectivity index (χ3v) is 2.59. The number of carbonyl (C=O) groups is 1. The van der Waals surface area contributed by atoms with E-state index in [1.54, 1.807) is 0 Å². The summed E-state index contributed by atoms with van der Waals surface area (Å²) in [6.45, 7) is -1.51. The molecule has 6 N–H and O–H groups in total. The average Bonchev–Trinajstić information content (AvgIpc) is 2.35. The quantitative estimate of drug-likeness (QED) is 0.294. The number of carboxylic acid groups (broad SMARTS) is 1. The predicted molar refractivity (Wildman–Crippen MR) is 53.4 cm³/mol. The molecule has 18 heavy (non-hydrogen) atoms. The first-order valence-electron chi connectivity index (χ1n) is 5.22. The van der Waals surface area contributed by atoms with Gasteiger partial charge in [0.05, 0.1) is 13.2 Å². The summed E-state index contributed by atoms with van der Waals surface area (Å²) >= 11 is 0. The molecule has 1 rings (SSSR count). The summed E-state index contributed by atoms with van der Waals surface area (Å²) in [5.41, 5.74) is 0. The second-order valence-electron chi connectivity index (χ2n) is 3.84. The Hall–Kier alpha value is -0.810. The highest BCUT2D eigenvalue weighted by Gasteiger charge is 2.45. The van der Waals surface area contributed by atoms with E-state index in [1.807, 2.05) is 0 Å². The number of hydrogen-bond donors (Lipinski definition) is 6. The Labute approximate surface area is 102 Å². The highest BCUT2D eigenvalue weighted by Crippen LogP contribution is 2.22. The molecule has 0 saturated carbocycles. The summed E-state index contributed by atoms with van der Waals surface area (Å²) < 4.78 is 9.67. The van der Waals surface area contributed by atoms with E-state index >= 15 is 0 Å². The van der Waals surface area contributed by atoms with Gasteiger partial charge in [-0.3, -0.25) is 0 Å². The van der Waals surface area contributed by atoms with Crippen LogP contribution in [0, 0.1) is 0 Å². The van der Waals surface area contributed by atoms with Crippen LogP contribution in [-0.4, -0.2) is 86.6 Å². The van der Waals surface area contributed by atoms with E-state index in [4.69, 9.17) is 24.8 Å². The van der Waals surface area contributed by atoms with Crippen LogP contribution >= 0.6 is 0 Å². The second-order valence-corrected chi connectivity index (χ2v) is 3.84. The van der Waals surface area contributed by atoms with Crippen LogP contribution in [0.15, 0.2) is 0 Å². The fourth-order valence-electron chi connectivity index (χ4n) is 1.52. The van der Waals surface area contributed by atoms with Gasteiger partial charge in [-0.05, 0) is 0 Å². The van der Waals surface area contributed by atoms with Crippen LogP contribution in [0.25, 0.3) is 0 Å². The van der Waals surface area contributed by atoms with E-state index in [9.17, 15) is 20.1 Å². The zero-order valence-electron chi connectivity index (χ0n) is 9.29. The van der Waals surface area contributed by atoms with E-state index in [0.29, 0.717) is 0 Å². The SMILES string of the molecule is O=C(O)[C@@H](CO)O[C@H]1OC(CO)[C@H](O)C(O)C1O. The molecule has 1 saturated heterocycles. The Morgan fingerprint density at radius 1 is 1.17 bits per heavy atom. The molecule has 0 aromatic rings. The molecule has 1 aliphatic heterocycles. The summed E-state index contributed by atoms with van der Waals surface area (Å²) in [5, 5.41) is 54.7. The van der Waals surface area contributed by atoms with E-state index in [-0.39, 0.29) is 0 Å². The van der Waals surface area contributed by atoms with Gasteiger partial charge in [0.2, 0.25) is 0 Å². The Morgan fingerprint density at radius 2 is 1.78 bits per heavy atom. The van der Waals surface area contributed by atoms with Crippen LogP contribution in [0.3, 0.4) is 0 Å². The van der Waals surface area contributed by atoms with Gasteiger partial charge in [-0.15, -0.1) is 0 Å². The van der Waals surface area contributed by atoms with Crippen molar-refractivity contribution >= 4 is 5.97 Å². The molecular formula is C9H16O9. The van der Waals surface area contributed by atoms with Gasteiger partial charge < -0.3 is 40.1 Å². The van der Waals surface area contributed by atoms with E-state index < -0.39 is 56.0 Å². The van der Waals surface area contributed by atoms with Crippen molar-refractivity contribution in [2.75, 3.05) is 13.2 Å². The first-order valence-corrected chi connectivity index (χ1v) is 5.22. The van der Waals surface area contributed by atoms with Crippen molar-refractivity contribution in [1.82, 2.24) is 0 Å². The third-order valence-electron chi connectivity index (χ3n) is 2.59. The Bertz CT molecular complexity index is 281. The summed E-state index contributed by atoms with van der Waals surface area (Å²) in [6.07, 6.45) is -9.32. The highest BCUT2D eigenvalue weighted by molar-refractivity contribution is 5.72. The molecule has 9 heteroatoms. The van der Waals surface area contributed by atoms with Crippen molar-refractivity contribution in [2.24, 2.45) is 0 Å². The van der Waals surface area contributed by atoms with Crippen molar-refractivity contribution in [1.29, 1.82) is 0 Å². The normalized spacial score (nSPS) is 38.4. The average molecular weight is 268 g/mol. The van der Waals surface area contributed by atoms with Crippen LogP contribution in [0.1, 0.15) is 0 Å². The van der Waals surface area contributed by atoms with E-state index in [1.165, 1.54) is 0 Å². The molecule has 3 unspecified atom stereocenters. The zero-order valence-corrected chi connectivity index (χ0v) is 9.29. The van der Waals surface area contributed by atoms with Crippen LogP contribution in [0.2, 0.25) is 0 Å². The highest BCUT2D eigenvalue weighted by atomic mass is 16.7. The Kier molecular flexibility index (Phi) is 5.41. The lowest BCUT2D eigenvalue weighted by molar-refractivity contribution is -0.311. The van der Waals surface area contributed by atoms with Gasteiger partial charge in [0.1, 0.15) is 24.4 Å². The molecule has 1 heterocycles. The summed E-state index contributed by atoms with van der Waals surface area (Å²) in [6, 6.07) is 0. The van der Waals surface area contributed by atoms with Gasteiger partial charge in [-0.25, -0.2) is 4.79 Å². The lowest BCUT2D eigenvalue weighted by Crippen LogP contribution is -2.60. The van der Waals surface area contributed by atoms with Gasteiger partial charge in [-0.1, -0.05) is 0 Å². The topological polar surface area (TPSA) is 157 Å². The molecule has 0 aliphatic carbocycles. The first kappa shape index (κ1) is 15.2. The summed E-state index contributed by atoms with van der Waals surface area (Å²) in [7, 11) is 0. The molecular weight excluding hydrogens is 252 g/mol. The van der Waals surface area contributed by atoms with Gasteiger partial charge in [0, 0.05) is 0 Å². The maximum atomic E-state index is 10.6. The zero-order chi connectivity index (χ0) is 13.9. The standard InChI is InChI=1S/C9H16O9/c10-1-3-5(12)6(13)7(14)9(17-3)18-4(2-11)8(15)16/h3-7,9-14H,1-2H2,(H,15,16)/t3?,4-,5+,6?,7?,9-/m1/s1. The maximum absolute atomic E-state index is 10.6. The minimum atomic E-state index is -1.70. The molecule has 0 spiro atoms. The van der Waals surface area contributed by atoms with Crippen molar-refractivity contribution < 1.29 is 44.9 Å². The van der Waals surface area contributed by atoms with Crippen molar-refractivity contribution in [3.8, 4) is 0 Å². The molecule has 6 atom stereocenters. The number of aliphatic carboxylic acids is 1. The predicted octanol–water partition coefficient (Wildman–Crippen LogP) is -3.75. The molecule has 0 aromatic carbocycles. The largest absolute Gasteiger partial charge is 0.479 e. The Balaban J connectivity index is 2.72. The minimum absolute atomic E-state index is 0.651. The Morgan fingerprint density at radius 3 is 2.22 bits per heavy atom. The van der Waals surface area contributed by atoms with Gasteiger partial charge >= 0.3 is 5.97 Å². The lowest BCUT2D eigenvalue weighted by atomic mass is 9.99. The van der Waals surface area contributed by atoms with Crippen LogP contribution in [0.4, 0.5) is 0 Å². The molecule has 1 fully saturated rings. The molecule has 0 amide bonds. The van der Waals surface area contributed by atoms with Crippen LogP contribution in [-0.2, 0) is 14.3 Å². The van der Waals surface area contributed by atoms with Gasteiger partial charge in [0.25, 0.3) is 0 Å². The molecule has 1 aliphatic rings. The third kappa shape index (κ3) is 3.14. The number of aliphatic hydroxyl groups is 5. The van der Waals surface area contributed by atoms with Crippen LogP contribution < -0.4 is 0 Å². The van der Waals surface area contributed by atoms with Crippen molar-refractivity contribution in [3.63, 3.8) is 0 Å². The second kappa shape index (κ2) is 6.38. The van der Waals surface area contributed by atoms with Crippen molar-refractivity contribution in [2.45, 2.75) is 36.8 Å². The molecule has 0 radical (unpaired) electrons. The first-order chi connectivity index (χ1) is 8.42. The maximum Gasteiger partial charge on any atom is 0.335 e. The minimum Gasteiger partial charge on any atom is -0.479 e. The van der Waals surface area contributed by atoms with Gasteiger partial charge in [0.15, 0.2) is 12.4 Å². The fraction of sp³-hybridized carbons (Fsp3) is 0.889. The molecule has 9 nitrogen and oxygen atoms in total. The molecule has 106 valence electrons. The van der Waals surface area contributed by atoms with E-state index in [2.05, 4.69) is 0 Å². The monoisotopic (exact) mass is 268 g/mol. The molecule has 0 bridgehead atoms. The number of aliphatic hydroxyl groups excluding tert-OH is 5. The molecule has 0 aromatic heterocycles. The van der Waals surface area contributed by atoms with Gasteiger partial charge in [-0.2, -0.15) is 0 Å².